The standard InChI is InChI=1S/C18H17BrN2O3/c1-24-13-6-4-5-12(11-13)20-16(22)18(9-10-18)17(23)21-15-8-3-2-7-14(15)19/h2-8,11H,9-10H2,1H3,(H,20,22)(H,21,23). The number of benzene rings is 2. The third kappa shape index (κ3) is 3.28. The second-order valence-corrected chi connectivity index (χ2v) is 6.56. The molecule has 0 radical (unpaired) electrons. The van der Waals surface area contributed by atoms with Crippen molar-refractivity contribution in [2.45, 2.75) is 12.8 Å². The minimum atomic E-state index is -1.00. The van der Waals surface area contributed by atoms with Crippen LogP contribution in [0.1, 0.15) is 12.8 Å². The Hall–Kier alpha value is -2.34. The van der Waals surface area contributed by atoms with Gasteiger partial charge in [-0.3, -0.25) is 9.59 Å². The molecular formula is C18H17BrN2O3. The maximum Gasteiger partial charge on any atom is 0.240 e. The molecule has 24 heavy (non-hydrogen) atoms. The van der Waals surface area contributed by atoms with Crippen LogP contribution in [-0.4, -0.2) is 18.9 Å². The van der Waals surface area contributed by atoms with Crippen LogP contribution in [0.25, 0.3) is 0 Å². The normalized spacial score (nSPS) is 14.6. The van der Waals surface area contributed by atoms with Gasteiger partial charge in [-0.2, -0.15) is 0 Å². The van der Waals surface area contributed by atoms with Gasteiger partial charge in [-0.25, -0.2) is 0 Å². The van der Waals surface area contributed by atoms with Gasteiger partial charge in [-0.15, -0.1) is 0 Å². The van der Waals surface area contributed by atoms with Crippen LogP contribution in [0.4, 0.5) is 11.4 Å². The van der Waals surface area contributed by atoms with Crippen LogP contribution < -0.4 is 15.4 Å². The van der Waals surface area contributed by atoms with E-state index >= 15 is 0 Å². The number of para-hydroxylation sites is 1. The number of carbonyl (C=O) groups excluding carboxylic acids is 2. The molecule has 0 spiro atoms. The molecule has 1 aliphatic rings. The molecule has 124 valence electrons. The summed E-state index contributed by atoms with van der Waals surface area (Å²) in [7, 11) is 1.56. The van der Waals surface area contributed by atoms with E-state index < -0.39 is 5.41 Å². The molecule has 2 N–H and O–H groups in total. The van der Waals surface area contributed by atoms with E-state index in [0.29, 0.717) is 30.0 Å². The van der Waals surface area contributed by atoms with Crippen LogP contribution in [0.2, 0.25) is 0 Å². The van der Waals surface area contributed by atoms with Gasteiger partial charge in [0.05, 0.1) is 12.8 Å². The molecule has 0 aromatic heterocycles. The second kappa shape index (κ2) is 6.65. The number of carbonyl (C=O) groups is 2. The average molecular weight is 389 g/mol. The van der Waals surface area contributed by atoms with Crippen molar-refractivity contribution < 1.29 is 14.3 Å². The van der Waals surface area contributed by atoms with Crippen molar-refractivity contribution in [3.63, 3.8) is 0 Å². The fraction of sp³-hybridized carbons (Fsp3) is 0.222. The average Bonchev–Trinajstić information content (AvgIpc) is 3.39. The number of anilines is 2. The molecule has 2 amide bonds. The van der Waals surface area contributed by atoms with Gasteiger partial charge in [0.2, 0.25) is 11.8 Å². The molecule has 6 heteroatoms. The van der Waals surface area contributed by atoms with Crippen molar-refractivity contribution in [1.82, 2.24) is 0 Å². The van der Waals surface area contributed by atoms with Crippen molar-refractivity contribution in [2.24, 2.45) is 5.41 Å². The topological polar surface area (TPSA) is 67.4 Å². The van der Waals surface area contributed by atoms with Crippen LogP contribution in [0.15, 0.2) is 53.0 Å². The predicted molar refractivity (Wildman–Crippen MR) is 96.1 cm³/mol. The highest BCUT2D eigenvalue weighted by molar-refractivity contribution is 9.10. The SMILES string of the molecule is COc1cccc(NC(=O)C2(C(=O)Nc3ccccc3Br)CC2)c1. The number of rotatable bonds is 5. The zero-order chi connectivity index (χ0) is 17.2. The van der Waals surface area contributed by atoms with E-state index in [4.69, 9.17) is 4.74 Å². The van der Waals surface area contributed by atoms with E-state index in [2.05, 4.69) is 26.6 Å². The minimum absolute atomic E-state index is 0.283. The van der Waals surface area contributed by atoms with Gasteiger partial charge in [0, 0.05) is 16.2 Å². The van der Waals surface area contributed by atoms with Crippen LogP contribution in [-0.2, 0) is 9.59 Å². The van der Waals surface area contributed by atoms with E-state index in [0.717, 1.165) is 4.47 Å². The van der Waals surface area contributed by atoms with Gasteiger partial charge in [0.25, 0.3) is 0 Å². The summed E-state index contributed by atoms with van der Waals surface area (Å²) in [4.78, 5) is 25.2. The molecule has 3 rings (SSSR count). The first-order valence-corrected chi connectivity index (χ1v) is 8.36. The lowest BCUT2D eigenvalue weighted by molar-refractivity contribution is -0.131. The quantitative estimate of drug-likeness (QED) is 0.765. The van der Waals surface area contributed by atoms with Gasteiger partial charge >= 0.3 is 0 Å². The number of nitrogens with one attached hydrogen (secondary N) is 2. The number of halogens is 1. The van der Waals surface area contributed by atoms with Crippen molar-refractivity contribution in [3.8, 4) is 5.75 Å². The molecule has 5 nitrogen and oxygen atoms in total. The van der Waals surface area contributed by atoms with Crippen molar-refractivity contribution >= 4 is 39.1 Å². The first-order valence-electron chi connectivity index (χ1n) is 7.57. The Morgan fingerprint density at radius 2 is 1.75 bits per heavy atom. The van der Waals surface area contributed by atoms with E-state index in [1.165, 1.54) is 0 Å². The number of hydrogen-bond donors (Lipinski definition) is 2. The molecule has 0 bridgehead atoms. The number of methoxy groups -OCH3 is 1. The zero-order valence-electron chi connectivity index (χ0n) is 13.1. The van der Waals surface area contributed by atoms with Gasteiger partial charge < -0.3 is 15.4 Å². The predicted octanol–water partition coefficient (Wildman–Crippen LogP) is 3.82. The molecule has 1 fully saturated rings. The lowest BCUT2D eigenvalue weighted by Crippen LogP contribution is -2.35. The van der Waals surface area contributed by atoms with E-state index in [9.17, 15) is 9.59 Å². The molecule has 1 saturated carbocycles. The highest BCUT2D eigenvalue weighted by atomic mass is 79.9. The maximum absolute atomic E-state index is 12.6. The molecular weight excluding hydrogens is 372 g/mol. The monoisotopic (exact) mass is 388 g/mol. The van der Waals surface area contributed by atoms with Gasteiger partial charge in [-0.05, 0) is 53.0 Å². The molecule has 0 heterocycles. The van der Waals surface area contributed by atoms with Gasteiger partial charge in [0.15, 0.2) is 0 Å². The summed E-state index contributed by atoms with van der Waals surface area (Å²) in [5.74, 6) is 0.0745. The summed E-state index contributed by atoms with van der Waals surface area (Å²) in [6.07, 6.45) is 1.08. The summed E-state index contributed by atoms with van der Waals surface area (Å²) < 4.78 is 5.92. The fourth-order valence-corrected chi connectivity index (χ4v) is 2.82. The smallest absolute Gasteiger partial charge is 0.240 e. The highest BCUT2D eigenvalue weighted by Crippen LogP contribution is 2.47. The third-order valence-electron chi connectivity index (χ3n) is 4.07. The Bertz CT molecular complexity index is 787. The summed E-state index contributed by atoms with van der Waals surface area (Å²) in [6, 6.07) is 14.4. The Morgan fingerprint density at radius 3 is 2.42 bits per heavy atom. The largest absolute Gasteiger partial charge is 0.497 e. The van der Waals surface area contributed by atoms with Gasteiger partial charge in [0.1, 0.15) is 11.2 Å². The molecule has 0 saturated heterocycles. The zero-order valence-corrected chi connectivity index (χ0v) is 14.7. The summed E-state index contributed by atoms with van der Waals surface area (Å²) >= 11 is 3.39. The lowest BCUT2D eigenvalue weighted by atomic mass is 10.0. The fourth-order valence-electron chi connectivity index (χ4n) is 2.44. The summed E-state index contributed by atoms with van der Waals surface area (Å²) in [6.45, 7) is 0. The Labute approximate surface area is 148 Å². The number of amides is 2. The molecule has 0 unspecified atom stereocenters. The van der Waals surface area contributed by atoms with E-state index in [1.807, 2.05) is 18.2 Å². The summed E-state index contributed by atoms with van der Waals surface area (Å²) in [5, 5.41) is 5.64. The van der Waals surface area contributed by atoms with Crippen molar-refractivity contribution in [3.05, 3.63) is 53.0 Å². The molecule has 0 aliphatic heterocycles. The van der Waals surface area contributed by atoms with Crippen LogP contribution in [0, 0.1) is 5.41 Å². The van der Waals surface area contributed by atoms with E-state index in [1.54, 1.807) is 37.4 Å². The van der Waals surface area contributed by atoms with Crippen molar-refractivity contribution in [2.75, 3.05) is 17.7 Å². The maximum atomic E-state index is 12.6. The number of ether oxygens (including phenoxy) is 1. The first-order chi connectivity index (χ1) is 11.5. The summed E-state index contributed by atoms with van der Waals surface area (Å²) in [5.41, 5.74) is 0.264. The molecule has 2 aromatic carbocycles. The Morgan fingerprint density at radius 1 is 1.04 bits per heavy atom. The van der Waals surface area contributed by atoms with Crippen LogP contribution >= 0.6 is 15.9 Å². The Kier molecular flexibility index (Phi) is 4.57. The molecule has 2 aromatic rings. The van der Waals surface area contributed by atoms with Crippen LogP contribution in [0.3, 0.4) is 0 Å². The van der Waals surface area contributed by atoms with Gasteiger partial charge in [-0.1, -0.05) is 18.2 Å². The Balaban J connectivity index is 1.72. The van der Waals surface area contributed by atoms with Crippen LogP contribution in [0.5, 0.6) is 5.75 Å². The minimum Gasteiger partial charge on any atom is -0.497 e. The second-order valence-electron chi connectivity index (χ2n) is 5.70. The molecule has 1 aliphatic carbocycles. The first kappa shape index (κ1) is 16.5. The highest BCUT2D eigenvalue weighted by Gasteiger charge is 2.56. The van der Waals surface area contributed by atoms with E-state index in [-0.39, 0.29) is 11.8 Å². The third-order valence-corrected chi connectivity index (χ3v) is 4.76. The molecule has 0 atom stereocenters. The van der Waals surface area contributed by atoms with Crippen molar-refractivity contribution in [1.29, 1.82) is 0 Å². The lowest BCUT2D eigenvalue weighted by Gasteiger charge is -2.16. The number of hydrogen-bond acceptors (Lipinski definition) is 3.